The van der Waals surface area contributed by atoms with Crippen molar-refractivity contribution in [3.05, 3.63) is 53.1 Å². The fourth-order valence-electron chi connectivity index (χ4n) is 2.27. The summed E-state index contributed by atoms with van der Waals surface area (Å²) in [7, 11) is 3.14. The first-order valence-electron chi connectivity index (χ1n) is 7.46. The maximum Gasteiger partial charge on any atom is 0.251 e. The number of aromatic hydroxyl groups is 1. The van der Waals surface area contributed by atoms with Gasteiger partial charge in [-0.1, -0.05) is 6.07 Å². The molecule has 0 spiro atoms. The summed E-state index contributed by atoms with van der Waals surface area (Å²) >= 11 is 0. The lowest BCUT2D eigenvalue weighted by molar-refractivity contribution is -0.112. The van der Waals surface area contributed by atoms with E-state index < -0.39 is 0 Å². The molecule has 0 fully saturated rings. The predicted molar refractivity (Wildman–Crippen MR) is 94.7 cm³/mol. The van der Waals surface area contributed by atoms with Crippen LogP contribution in [0.2, 0.25) is 0 Å². The Morgan fingerprint density at radius 2 is 1.79 bits per heavy atom. The van der Waals surface area contributed by atoms with Crippen LogP contribution in [0, 0.1) is 6.92 Å². The number of ether oxygens (including phenoxy) is 2. The summed E-state index contributed by atoms with van der Waals surface area (Å²) in [5.41, 5.74) is 2.84. The van der Waals surface area contributed by atoms with Crippen LogP contribution in [0.4, 0.5) is 5.69 Å². The van der Waals surface area contributed by atoms with Crippen LogP contribution in [-0.4, -0.2) is 25.2 Å². The molecule has 126 valence electrons. The third kappa shape index (κ3) is 4.07. The van der Waals surface area contributed by atoms with E-state index in [0.717, 1.165) is 11.1 Å². The Hall–Kier alpha value is -2.95. The minimum atomic E-state index is -0.210. The Bertz CT molecular complexity index is 781. The fraction of sp³-hybridized carbons (Fsp3) is 0.211. The van der Waals surface area contributed by atoms with Crippen LogP contribution >= 0.6 is 0 Å². The molecule has 0 bridgehead atoms. The van der Waals surface area contributed by atoms with E-state index in [2.05, 4.69) is 5.32 Å². The van der Waals surface area contributed by atoms with Crippen LogP contribution in [0.1, 0.15) is 18.1 Å². The molecule has 2 aromatic rings. The number of nitrogens with one attached hydrogen (secondary N) is 1. The third-order valence-electron chi connectivity index (χ3n) is 3.61. The monoisotopic (exact) mass is 327 g/mol. The quantitative estimate of drug-likeness (QED) is 0.648. The van der Waals surface area contributed by atoms with Gasteiger partial charge in [-0.15, -0.1) is 0 Å². The van der Waals surface area contributed by atoms with Gasteiger partial charge in [-0.2, -0.15) is 0 Å². The number of amides is 1. The maximum atomic E-state index is 12.3. The smallest absolute Gasteiger partial charge is 0.251 e. The van der Waals surface area contributed by atoms with Gasteiger partial charge in [-0.05, 0) is 61.4 Å². The van der Waals surface area contributed by atoms with Crippen molar-refractivity contribution < 1.29 is 19.4 Å². The molecule has 0 aliphatic rings. The zero-order valence-electron chi connectivity index (χ0n) is 14.2. The largest absolute Gasteiger partial charge is 0.508 e. The third-order valence-corrected chi connectivity index (χ3v) is 3.61. The molecule has 0 saturated heterocycles. The van der Waals surface area contributed by atoms with E-state index in [4.69, 9.17) is 9.47 Å². The van der Waals surface area contributed by atoms with E-state index in [0.29, 0.717) is 22.8 Å². The minimum Gasteiger partial charge on any atom is -0.508 e. The zero-order valence-corrected chi connectivity index (χ0v) is 14.2. The van der Waals surface area contributed by atoms with E-state index in [9.17, 15) is 9.90 Å². The zero-order chi connectivity index (χ0) is 17.7. The van der Waals surface area contributed by atoms with Crippen LogP contribution in [0.3, 0.4) is 0 Å². The number of carbonyl (C=O) groups excluding carboxylic acids is 1. The van der Waals surface area contributed by atoms with Crippen molar-refractivity contribution >= 4 is 17.7 Å². The van der Waals surface area contributed by atoms with Crippen molar-refractivity contribution in [2.24, 2.45) is 0 Å². The Balaban J connectivity index is 2.19. The molecule has 1 amide bonds. The fourth-order valence-corrected chi connectivity index (χ4v) is 2.27. The van der Waals surface area contributed by atoms with Gasteiger partial charge >= 0.3 is 0 Å². The van der Waals surface area contributed by atoms with E-state index in [1.54, 1.807) is 51.5 Å². The number of carbonyl (C=O) groups is 1. The second-order valence-electron chi connectivity index (χ2n) is 5.40. The lowest BCUT2D eigenvalue weighted by Crippen LogP contribution is -2.13. The summed E-state index contributed by atoms with van der Waals surface area (Å²) in [5, 5.41) is 12.3. The Morgan fingerprint density at radius 3 is 2.42 bits per heavy atom. The normalized spacial score (nSPS) is 11.1. The SMILES string of the molecule is COc1ccc(/C=C(\C)C(=O)Nc2ccc(O)cc2C)cc1OC. The molecule has 0 atom stereocenters. The van der Waals surface area contributed by atoms with Gasteiger partial charge in [0, 0.05) is 11.3 Å². The van der Waals surface area contributed by atoms with Gasteiger partial charge in [0.25, 0.3) is 5.91 Å². The number of hydrogen-bond acceptors (Lipinski definition) is 4. The van der Waals surface area contributed by atoms with E-state index in [1.165, 1.54) is 6.07 Å². The number of phenols is 1. The van der Waals surface area contributed by atoms with Gasteiger partial charge < -0.3 is 19.9 Å². The highest BCUT2D eigenvalue weighted by Crippen LogP contribution is 2.28. The van der Waals surface area contributed by atoms with Gasteiger partial charge in [-0.3, -0.25) is 4.79 Å². The van der Waals surface area contributed by atoms with Gasteiger partial charge in [0.2, 0.25) is 0 Å². The number of benzene rings is 2. The molecule has 0 unspecified atom stereocenters. The summed E-state index contributed by atoms with van der Waals surface area (Å²) < 4.78 is 10.5. The van der Waals surface area contributed by atoms with Crippen molar-refractivity contribution in [2.75, 3.05) is 19.5 Å². The Kier molecular flexibility index (Phi) is 5.47. The Morgan fingerprint density at radius 1 is 1.08 bits per heavy atom. The molecule has 24 heavy (non-hydrogen) atoms. The van der Waals surface area contributed by atoms with Crippen molar-refractivity contribution in [3.8, 4) is 17.2 Å². The van der Waals surface area contributed by atoms with E-state index in [-0.39, 0.29) is 11.7 Å². The molecular weight excluding hydrogens is 306 g/mol. The van der Waals surface area contributed by atoms with Gasteiger partial charge in [0.1, 0.15) is 5.75 Å². The predicted octanol–water partition coefficient (Wildman–Crippen LogP) is 3.76. The topological polar surface area (TPSA) is 67.8 Å². The van der Waals surface area contributed by atoms with Crippen LogP contribution < -0.4 is 14.8 Å². The molecule has 0 heterocycles. The van der Waals surface area contributed by atoms with E-state index >= 15 is 0 Å². The number of phenolic OH excluding ortho intramolecular Hbond substituents is 1. The van der Waals surface area contributed by atoms with Crippen LogP contribution in [-0.2, 0) is 4.79 Å². The summed E-state index contributed by atoms with van der Waals surface area (Å²) in [6, 6.07) is 10.3. The average molecular weight is 327 g/mol. The molecule has 5 heteroatoms. The van der Waals surface area contributed by atoms with Gasteiger partial charge in [0.15, 0.2) is 11.5 Å². The van der Waals surface area contributed by atoms with Gasteiger partial charge in [0.05, 0.1) is 14.2 Å². The van der Waals surface area contributed by atoms with Crippen molar-refractivity contribution in [2.45, 2.75) is 13.8 Å². The summed E-state index contributed by atoms with van der Waals surface area (Å²) in [6.45, 7) is 3.56. The lowest BCUT2D eigenvalue weighted by Gasteiger charge is -2.10. The van der Waals surface area contributed by atoms with Crippen molar-refractivity contribution in [1.82, 2.24) is 0 Å². The van der Waals surface area contributed by atoms with Crippen LogP contribution in [0.25, 0.3) is 6.08 Å². The molecule has 0 aliphatic heterocycles. The summed E-state index contributed by atoms with van der Waals surface area (Å²) in [6.07, 6.45) is 1.77. The highest BCUT2D eigenvalue weighted by molar-refractivity contribution is 6.06. The lowest BCUT2D eigenvalue weighted by atomic mass is 10.1. The molecule has 2 aromatic carbocycles. The van der Waals surface area contributed by atoms with Crippen molar-refractivity contribution in [1.29, 1.82) is 0 Å². The number of hydrogen-bond donors (Lipinski definition) is 2. The molecule has 2 rings (SSSR count). The van der Waals surface area contributed by atoms with Crippen LogP contribution in [0.5, 0.6) is 17.2 Å². The standard InChI is InChI=1S/C19H21NO4/c1-12-10-15(21)6-7-16(12)20-19(22)13(2)9-14-5-8-17(23-3)18(11-14)24-4/h5-11,21H,1-4H3,(H,20,22)/b13-9+. The Labute approximate surface area is 141 Å². The highest BCUT2D eigenvalue weighted by atomic mass is 16.5. The summed E-state index contributed by atoms with van der Waals surface area (Å²) in [4.78, 5) is 12.3. The average Bonchev–Trinajstić information content (AvgIpc) is 2.57. The van der Waals surface area contributed by atoms with E-state index in [1.807, 2.05) is 13.0 Å². The molecule has 5 nitrogen and oxygen atoms in total. The molecule has 0 radical (unpaired) electrons. The molecule has 2 N–H and O–H groups in total. The second-order valence-corrected chi connectivity index (χ2v) is 5.40. The maximum absolute atomic E-state index is 12.3. The molecule has 0 aliphatic carbocycles. The summed E-state index contributed by atoms with van der Waals surface area (Å²) in [5.74, 6) is 1.20. The first kappa shape index (κ1) is 17.4. The second kappa shape index (κ2) is 7.55. The number of aryl methyl sites for hydroxylation is 1. The van der Waals surface area contributed by atoms with Crippen molar-refractivity contribution in [3.63, 3.8) is 0 Å². The first-order valence-corrected chi connectivity index (χ1v) is 7.46. The highest BCUT2D eigenvalue weighted by Gasteiger charge is 2.09. The number of anilines is 1. The molecule has 0 saturated carbocycles. The number of rotatable bonds is 5. The molecular formula is C19H21NO4. The minimum absolute atomic E-state index is 0.170. The molecule has 0 aromatic heterocycles. The first-order chi connectivity index (χ1) is 11.4. The van der Waals surface area contributed by atoms with Gasteiger partial charge in [-0.25, -0.2) is 0 Å². The van der Waals surface area contributed by atoms with Crippen LogP contribution in [0.15, 0.2) is 42.0 Å². The number of methoxy groups -OCH3 is 2.